The van der Waals surface area contributed by atoms with Crippen LogP contribution in [0.2, 0.25) is 0 Å². The first-order valence-corrected chi connectivity index (χ1v) is 5.94. The number of rotatable bonds is 4. The highest BCUT2D eigenvalue weighted by Gasteiger charge is 2.15. The van der Waals surface area contributed by atoms with Crippen LogP contribution in [0.5, 0.6) is 5.75 Å². The summed E-state index contributed by atoms with van der Waals surface area (Å²) >= 11 is 1.46. The maximum atomic E-state index is 13.4. The standard InChI is InChI=1S/C12H11F2NOS/c13-8-3-4-9(14)10(6-8)16-11(7-15)12-2-1-5-17-12/h1-6,11H,7,15H2. The molecule has 0 saturated carbocycles. The van der Waals surface area contributed by atoms with E-state index in [9.17, 15) is 8.78 Å². The molecule has 2 rings (SSSR count). The Morgan fingerprint density at radius 2 is 2.12 bits per heavy atom. The molecule has 0 spiro atoms. The largest absolute Gasteiger partial charge is 0.480 e. The van der Waals surface area contributed by atoms with Gasteiger partial charge in [-0.1, -0.05) is 6.07 Å². The van der Waals surface area contributed by atoms with Crippen LogP contribution < -0.4 is 10.5 Å². The topological polar surface area (TPSA) is 35.2 Å². The number of halogens is 2. The lowest BCUT2D eigenvalue weighted by Gasteiger charge is -2.16. The van der Waals surface area contributed by atoms with Gasteiger partial charge < -0.3 is 10.5 Å². The van der Waals surface area contributed by atoms with Gasteiger partial charge in [0.05, 0.1) is 0 Å². The fourth-order valence-corrected chi connectivity index (χ4v) is 2.19. The van der Waals surface area contributed by atoms with Crippen molar-refractivity contribution in [1.82, 2.24) is 0 Å². The average Bonchev–Trinajstić information content (AvgIpc) is 2.84. The van der Waals surface area contributed by atoms with E-state index in [0.717, 1.165) is 23.1 Å². The molecule has 1 unspecified atom stereocenters. The Kier molecular flexibility index (Phi) is 3.71. The van der Waals surface area contributed by atoms with E-state index in [1.54, 1.807) is 0 Å². The van der Waals surface area contributed by atoms with Crippen molar-refractivity contribution in [2.45, 2.75) is 6.10 Å². The molecule has 0 fully saturated rings. The van der Waals surface area contributed by atoms with Gasteiger partial charge in [0, 0.05) is 17.5 Å². The van der Waals surface area contributed by atoms with Gasteiger partial charge in [0.1, 0.15) is 11.9 Å². The summed E-state index contributed by atoms with van der Waals surface area (Å²) in [5.74, 6) is -1.25. The normalized spacial score (nSPS) is 12.4. The van der Waals surface area contributed by atoms with Crippen LogP contribution in [0.3, 0.4) is 0 Å². The molecule has 2 N–H and O–H groups in total. The molecule has 0 saturated heterocycles. The SMILES string of the molecule is NCC(Oc1cc(F)ccc1F)c1cccs1. The van der Waals surface area contributed by atoms with E-state index in [2.05, 4.69) is 0 Å². The van der Waals surface area contributed by atoms with Crippen molar-refractivity contribution < 1.29 is 13.5 Å². The average molecular weight is 255 g/mol. The molecule has 0 amide bonds. The molecule has 1 aromatic carbocycles. The van der Waals surface area contributed by atoms with Gasteiger partial charge in [-0.05, 0) is 23.6 Å². The maximum Gasteiger partial charge on any atom is 0.165 e. The van der Waals surface area contributed by atoms with Crippen LogP contribution in [0.1, 0.15) is 11.0 Å². The Bertz CT molecular complexity index is 487. The molecule has 2 aromatic rings. The predicted molar refractivity (Wildman–Crippen MR) is 63.1 cm³/mol. The van der Waals surface area contributed by atoms with Crippen LogP contribution >= 0.6 is 11.3 Å². The van der Waals surface area contributed by atoms with E-state index in [1.165, 1.54) is 11.3 Å². The van der Waals surface area contributed by atoms with Crippen molar-refractivity contribution in [2.24, 2.45) is 5.73 Å². The number of nitrogens with two attached hydrogens (primary N) is 1. The first-order valence-electron chi connectivity index (χ1n) is 5.06. The van der Waals surface area contributed by atoms with E-state index >= 15 is 0 Å². The highest BCUT2D eigenvalue weighted by Crippen LogP contribution is 2.27. The minimum absolute atomic E-state index is 0.117. The van der Waals surface area contributed by atoms with Gasteiger partial charge in [-0.25, -0.2) is 8.78 Å². The van der Waals surface area contributed by atoms with Crippen molar-refractivity contribution in [1.29, 1.82) is 0 Å². The number of thiophene rings is 1. The summed E-state index contributed by atoms with van der Waals surface area (Å²) in [7, 11) is 0. The summed E-state index contributed by atoms with van der Waals surface area (Å²) in [5, 5.41) is 1.88. The second-order valence-corrected chi connectivity index (χ2v) is 4.41. The Morgan fingerprint density at radius 3 is 2.76 bits per heavy atom. The van der Waals surface area contributed by atoms with E-state index in [4.69, 9.17) is 10.5 Å². The zero-order chi connectivity index (χ0) is 12.3. The molecule has 0 aliphatic carbocycles. The molecule has 0 bridgehead atoms. The van der Waals surface area contributed by atoms with Crippen LogP contribution in [0, 0.1) is 11.6 Å². The summed E-state index contributed by atoms with van der Waals surface area (Å²) in [4.78, 5) is 0.885. The van der Waals surface area contributed by atoms with Gasteiger partial charge in [-0.2, -0.15) is 0 Å². The van der Waals surface area contributed by atoms with Crippen LogP contribution in [-0.4, -0.2) is 6.54 Å². The minimum atomic E-state index is -0.596. The number of benzene rings is 1. The van der Waals surface area contributed by atoms with Crippen molar-refractivity contribution in [3.63, 3.8) is 0 Å². The Morgan fingerprint density at radius 1 is 1.29 bits per heavy atom. The van der Waals surface area contributed by atoms with E-state index < -0.39 is 17.7 Å². The molecule has 1 atom stereocenters. The van der Waals surface area contributed by atoms with Gasteiger partial charge >= 0.3 is 0 Å². The summed E-state index contributed by atoms with van der Waals surface area (Å²) in [6, 6.07) is 6.80. The second kappa shape index (κ2) is 5.25. The molecule has 2 nitrogen and oxygen atoms in total. The lowest BCUT2D eigenvalue weighted by Crippen LogP contribution is -2.17. The molecule has 0 aliphatic rings. The van der Waals surface area contributed by atoms with Crippen molar-refractivity contribution in [3.05, 3.63) is 52.2 Å². The zero-order valence-electron chi connectivity index (χ0n) is 8.90. The predicted octanol–water partition coefficient (Wildman–Crippen LogP) is 3.11. The highest BCUT2D eigenvalue weighted by atomic mass is 32.1. The molecule has 1 heterocycles. The number of hydrogen-bond donors (Lipinski definition) is 1. The first kappa shape index (κ1) is 12.0. The molecule has 0 aliphatic heterocycles. The van der Waals surface area contributed by atoms with Crippen LogP contribution in [0.15, 0.2) is 35.7 Å². The van der Waals surface area contributed by atoms with Crippen molar-refractivity contribution >= 4 is 11.3 Å². The number of ether oxygens (including phenoxy) is 1. The van der Waals surface area contributed by atoms with Gasteiger partial charge in [-0.3, -0.25) is 0 Å². The summed E-state index contributed by atoms with van der Waals surface area (Å²) in [6.07, 6.45) is -0.453. The Labute approximate surface area is 102 Å². The van der Waals surface area contributed by atoms with Crippen molar-refractivity contribution in [2.75, 3.05) is 6.54 Å². The van der Waals surface area contributed by atoms with Gasteiger partial charge in [0.15, 0.2) is 11.6 Å². The first-order chi connectivity index (χ1) is 8.20. The molecule has 5 heteroatoms. The van der Waals surface area contributed by atoms with E-state index in [1.807, 2.05) is 17.5 Å². The smallest absolute Gasteiger partial charge is 0.165 e. The van der Waals surface area contributed by atoms with Crippen LogP contribution in [-0.2, 0) is 0 Å². The highest BCUT2D eigenvalue weighted by molar-refractivity contribution is 7.10. The number of hydrogen-bond acceptors (Lipinski definition) is 3. The molecule has 1 aromatic heterocycles. The van der Waals surface area contributed by atoms with Crippen LogP contribution in [0.4, 0.5) is 8.78 Å². The molecular weight excluding hydrogens is 244 g/mol. The lowest BCUT2D eigenvalue weighted by molar-refractivity contribution is 0.207. The zero-order valence-corrected chi connectivity index (χ0v) is 9.71. The van der Waals surface area contributed by atoms with E-state index in [0.29, 0.717) is 0 Å². The minimum Gasteiger partial charge on any atom is -0.480 e. The summed E-state index contributed by atoms with van der Waals surface area (Å²) in [6.45, 7) is 0.205. The molecule has 0 radical (unpaired) electrons. The third kappa shape index (κ3) is 2.81. The quantitative estimate of drug-likeness (QED) is 0.911. The van der Waals surface area contributed by atoms with Crippen molar-refractivity contribution in [3.8, 4) is 5.75 Å². The van der Waals surface area contributed by atoms with E-state index in [-0.39, 0.29) is 12.3 Å². The molecule has 90 valence electrons. The third-order valence-electron chi connectivity index (χ3n) is 2.24. The van der Waals surface area contributed by atoms with Crippen LogP contribution in [0.25, 0.3) is 0 Å². The summed E-state index contributed by atoms with van der Waals surface area (Å²) in [5.41, 5.74) is 5.57. The van der Waals surface area contributed by atoms with Gasteiger partial charge in [-0.15, -0.1) is 11.3 Å². The van der Waals surface area contributed by atoms with Gasteiger partial charge in [0.2, 0.25) is 0 Å². The second-order valence-electron chi connectivity index (χ2n) is 3.43. The molecular formula is C12H11F2NOS. The lowest BCUT2D eigenvalue weighted by atomic mass is 10.2. The van der Waals surface area contributed by atoms with Gasteiger partial charge in [0.25, 0.3) is 0 Å². The third-order valence-corrected chi connectivity index (χ3v) is 3.20. The Hall–Kier alpha value is -1.46. The Balaban J connectivity index is 2.21. The fourth-order valence-electron chi connectivity index (χ4n) is 1.42. The fraction of sp³-hybridized carbons (Fsp3) is 0.167. The maximum absolute atomic E-state index is 13.4. The molecule has 17 heavy (non-hydrogen) atoms. The monoisotopic (exact) mass is 255 g/mol. The summed E-state index contributed by atoms with van der Waals surface area (Å²) < 4.78 is 31.7.